The van der Waals surface area contributed by atoms with Gasteiger partial charge in [-0.05, 0) is 12.1 Å². The standard InChI is InChI=1S/C12H19N5O2/c1-17(2)12(18)10-3-4-11(16-15-10)14-8-9-7-13-5-6-19-9/h3-4,9,13H,5-8H2,1-2H3,(H,14,16). The van der Waals surface area contributed by atoms with Gasteiger partial charge in [0, 0.05) is 33.7 Å². The van der Waals surface area contributed by atoms with Crippen LogP contribution >= 0.6 is 0 Å². The zero-order valence-corrected chi connectivity index (χ0v) is 11.2. The lowest BCUT2D eigenvalue weighted by molar-refractivity contribution is 0.0372. The van der Waals surface area contributed by atoms with Crippen LogP contribution in [0.4, 0.5) is 5.82 Å². The molecule has 1 aliphatic heterocycles. The number of carbonyl (C=O) groups excluding carboxylic acids is 1. The number of amides is 1. The summed E-state index contributed by atoms with van der Waals surface area (Å²) in [5, 5.41) is 14.3. The monoisotopic (exact) mass is 265 g/mol. The molecule has 0 aliphatic carbocycles. The van der Waals surface area contributed by atoms with Crippen molar-refractivity contribution in [3.63, 3.8) is 0 Å². The Morgan fingerprint density at radius 1 is 1.53 bits per heavy atom. The van der Waals surface area contributed by atoms with E-state index in [0.29, 0.717) is 18.1 Å². The summed E-state index contributed by atoms with van der Waals surface area (Å²) < 4.78 is 5.56. The van der Waals surface area contributed by atoms with E-state index in [-0.39, 0.29) is 12.0 Å². The molecule has 0 bridgehead atoms. The number of anilines is 1. The van der Waals surface area contributed by atoms with Crippen LogP contribution in [0, 0.1) is 0 Å². The Balaban J connectivity index is 1.86. The van der Waals surface area contributed by atoms with Gasteiger partial charge in [-0.15, -0.1) is 10.2 Å². The Labute approximate surface area is 112 Å². The van der Waals surface area contributed by atoms with Crippen molar-refractivity contribution >= 4 is 11.7 Å². The maximum Gasteiger partial charge on any atom is 0.273 e. The van der Waals surface area contributed by atoms with Crippen molar-refractivity contribution in [2.24, 2.45) is 0 Å². The van der Waals surface area contributed by atoms with Crippen LogP contribution in [0.5, 0.6) is 0 Å². The molecule has 1 aromatic heterocycles. The third-order valence-electron chi connectivity index (χ3n) is 2.81. The quantitative estimate of drug-likeness (QED) is 0.769. The molecule has 1 aliphatic rings. The van der Waals surface area contributed by atoms with Gasteiger partial charge in [0.25, 0.3) is 5.91 Å². The highest BCUT2D eigenvalue weighted by Gasteiger charge is 2.14. The number of hydrogen-bond donors (Lipinski definition) is 2. The van der Waals surface area contributed by atoms with Crippen molar-refractivity contribution in [3.05, 3.63) is 17.8 Å². The van der Waals surface area contributed by atoms with E-state index in [2.05, 4.69) is 20.8 Å². The topological polar surface area (TPSA) is 79.4 Å². The molecule has 0 aromatic carbocycles. The molecule has 104 valence electrons. The van der Waals surface area contributed by atoms with E-state index in [4.69, 9.17) is 4.74 Å². The second-order valence-corrected chi connectivity index (χ2v) is 4.58. The second-order valence-electron chi connectivity index (χ2n) is 4.58. The van der Waals surface area contributed by atoms with Crippen molar-refractivity contribution < 1.29 is 9.53 Å². The van der Waals surface area contributed by atoms with Gasteiger partial charge in [-0.1, -0.05) is 0 Å². The Morgan fingerprint density at radius 3 is 2.95 bits per heavy atom. The molecule has 1 saturated heterocycles. The highest BCUT2D eigenvalue weighted by molar-refractivity contribution is 5.91. The molecule has 2 rings (SSSR count). The smallest absolute Gasteiger partial charge is 0.273 e. The molecule has 0 radical (unpaired) electrons. The van der Waals surface area contributed by atoms with Gasteiger partial charge in [-0.25, -0.2) is 0 Å². The minimum absolute atomic E-state index is 0.138. The zero-order valence-electron chi connectivity index (χ0n) is 11.2. The first-order chi connectivity index (χ1) is 9.16. The lowest BCUT2D eigenvalue weighted by atomic mass is 10.3. The predicted octanol–water partition coefficient (Wildman–Crippen LogP) is -0.421. The minimum Gasteiger partial charge on any atom is -0.374 e. The van der Waals surface area contributed by atoms with Gasteiger partial charge in [-0.3, -0.25) is 4.79 Å². The number of aromatic nitrogens is 2. The molecule has 1 unspecified atom stereocenters. The fourth-order valence-corrected chi connectivity index (χ4v) is 1.74. The van der Waals surface area contributed by atoms with Crippen molar-refractivity contribution in [2.45, 2.75) is 6.10 Å². The zero-order chi connectivity index (χ0) is 13.7. The number of nitrogens with zero attached hydrogens (tertiary/aromatic N) is 3. The molecule has 7 nitrogen and oxygen atoms in total. The molecule has 1 atom stereocenters. The second kappa shape index (κ2) is 6.44. The number of ether oxygens (including phenoxy) is 1. The first kappa shape index (κ1) is 13.7. The van der Waals surface area contributed by atoms with Crippen LogP contribution in [0.25, 0.3) is 0 Å². The number of nitrogens with one attached hydrogen (secondary N) is 2. The van der Waals surface area contributed by atoms with Gasteiger partial charge in [0.15, 0.2) is 5.69 Å². The van der Waals surface area contributed by atoms with Crippen LogP contribution in [0.15, 0.2) is 12.1 Å². The predicted molar refractivity (Wildman–Crippen MR) is 71.1 cm³/mol. The average molecular weight is 265 g/mol. The van der Waals surface area contributed by atoms with Gasteiger partial charge in [0.2, 0.25) is 0 Å². The average Bonchev–Trinajstić information content (AvgIpc) is 2.46. The van der Waals surface area contributed by atoms with Crippen LogP contribution in [0.2, 0.25) is 0 Å². The fraction of sp³-hybridized carbons (Fsp3) is 0.583. The van der Waals surface area contributed by atoms with E-state index >= 15 is 0 Å². The first-order valence-corrected chi connectivity index (χ1v) is 6.28. The summed E-state index contributed by atoms with van der Waals surface area (Å²) in [6.45, 7) is 3.13. The lowest BCUT2D eigenvalue weighted by Crippen LogP contribution is -2.42. The number of rotatable bonds is 4. The SMILES string of the molecule is CN(C)C(=O)c1ccc(NCC2CNCCO2)nn1. The van der Waals surface area contributed by atoms with E-state index < -0.39 is 0 Å². The lowest BCUT2D eigenvalue weighted by Gasteiger charge is -2.23. The summed E-state index contributed by atoms with van der Waals surface area (Å²) in [6.07, 6.45) is 0.138. The van der Waals surface area contributed by atoms with Gasteiger partial charge in [-0.2, -0.15) is 0 Å². The van der Waals surface area contributed by atoms with Crippen LogP contribution in [-0.2, 0) is 4.74 Å². The Kier molecular flexibility index (Phi) is 4.64. The van der Waals surface area contributed by atoms with Crippen molar-refractivity contribution in [3.8, 4) is 0 Å². The third kappa shape index (κ3) is 3.87. The number of carbonyl (C=O) groups is 1. The molecular formula is C12H19N5O2. The molecule has 0 saturated carbocycles. The van der Waals surface area contributed by atoms with Gasteiger partial charge in [0.05, 0.1) is 12.7 Å². The van der Waals surface area contributed by atoms with E-state index in [1.54, 1.807) is 26.2 Å². The molecule has 1 amide bonds. The minimum atomic E-state index is -0.154. The van der Waals surface area contributed by atoms with Crippen molar-refractivity contribution in [1.82, 2.24) is 20.4 Å². The van der Waals surface area contributed by atoms with Gasteiger partial charge in [0.1, 0.15) is 5.82 Å². The molecule has 1 fully saturated rings. The number of morpholine rings is 1. The maximum atomic E-state index is 11.6. The molecular weight excluding hydrogens is 246 g/mol. The Morgan fingerprint density at radius 2 is 2.37 bits per heavy atom. The summed E-state index contributed by atoms with van der Waals surface area (Å²) in [5.41, 5.74) is 0.339. The molecule has 2 N–H and O–H groups in total. The van der Waals surface area contributed by atoms with Crippen LogP contribution in [0.3, 0.4) is 0 Å². The Bertz CT molecular complexity index is 415. The summed E-state index contributed by atoms with van der Waals surface area (Å²) in [7, 11) is 3.37. The van der Waals surface area contributed by atoms with E-state index in [1.807, 2.05) is 0 Å². The number of hydrogen-bond acceptors (Lipinski definition) is 6. The Hall–Kier alpha value is -1.73. The normalized spacial score (nSPS) is 18.9. The van der Waals surface area contributed by atoms with E-state index in [1.165, 1.54) is 4.90 Å². The molecule has 7 heteroatoms. The summed E-state index contributed by atoms with van der Waals surface area (Å²) in [4.78, 5) is 13.1. The maximum absolute atomic E-state index is 11.6. The molecule has 0 spiro atoms. The molecule has 19 heavy (non-hydrogen) atoms. The van der Waals surface area contributed by atoms with Gasteiger partial charge < -0.3 is 20.3 Å². The summed E-state index contributed by atoms with van der Waals surface area (Å²) in [6, 6.07) is 3.41. The summed E-state index contributed by atoms with van der Waals surface area (Å²) >= 11 is 0. The highest BCUT2D eigenvalue weighted by atomic mass is 16.5. The van der Waals surface area contributed by atoms with Gasteiger partial charge >= 0.3 is 0 Å². The largest absolute Gasteiger partial charge is 0.374 e. The van der Waals surface area contributed by atoms with Crippen molar-refractivity contribution in [2.75, 3.05) is 45.7 Å². The van der Waals surface area contributed by atoms with Crippen LogP contribution in [-0.4, -0.2) is 67.4 Å². The molecule has 2 heterocycles. The molecule has 1 aromatic rings. The van der Waals surface area contributed by atoms with Crippen molar-refractivity contribution in [1.29, 1.82) is 0 Å². The summed E-state index contributed by atoms with van der Waals surface area (Å²) in [5.74, 6) is 0.489. The van der Waals surface area contributed by atoms with Crippen LogP contribution in [0.1, 0.15) is 10.5 Å². The van der Waals surface area contributed by atoms with Crippen LogP contribution < -0.4 is 10.6 Å². The third-order valence-corrected chi connectivity index (χ3v) is 2.81. The first-order valence-electron chi connectivity index (χ1n) is 6.28. The van der Waals surface area contributed by atoms with E-state index in [0.717, 1.165) is 19.7 Å². The fourth-order valence-electron chi connectivity index (χ4n) is 1.74. The van der Waals surface area contributed by atoms with E-state index in [9.17, 15) is 4.79 Å². The highest BCUT2D eigenvalue weighted by Crippen LogP contribution is 2.05.